The number of hydrogen-bond acceptors (Lipinski definition) is 5. The lowest BCUT2D eigenvalue weighted by Crippen LogP contribution is -2.38. The van der Waals surface area contributed by atoms with Gasteiger partial charge in [0.2, 0.25) is 0 Å². The lowest BCUT2D eigenvalue weighted by Gasteiger charge is -2.26. The third-order valence-corrected chi connectivity index (χ3v) is 3.17. The smallest absolute Gasteiger partial charge is 0.411 e. The van der Waals surface area contributed by atoms with Gasteiger partial charge in [0.05, 0.1) is 25.5 Å². The molecule has 0 unspecified atom stereocenters. The first kappa shape index (κ1) is 15.6. The molecule has 0 atom stereocenters. The van der Waals surface area contributed by atoms with E-state index in [1.54, 1.807) is 6.07 Å². The Bertz CT molecular complexity index is 447. The van der Waals surface area contributed by atoms with Gasteiger partial charge in [0.1, 0.15) is 12.4 Å². The Morgan fingerprint density at radius 2 is 2.10 bits per heavy atom. The van der Waals surface area contributed by atoms with Crippen LogP contribution in [0.4, 0.5) is 10.5 Å². The van der Waals surface area contributed by atoms with Crippen LogP contribution in [-0.4, -0.2) is 57.1 Å². The van der Waals surface area contributed by atoms with Gasteiger partial charge in [-0.2, -0.15) is 0 Å². The molecule has 1 fully saturated rings. The summed E-state index contributed by atoms with van der Waals surface area (Å²) in [7, 11) is 0. The summed E-state index contributed by atoms with van der Waals surface area (Å²) >= 11 is 0. The van der Waals surface area contributed by atoms with Crippen molar-refractivity contribution in [3.05, 3.63) is 24.3 Å². The van der Waals surface area contributed by atoms with E-state index in [0.717, 1.165) is 32.8 Å². The van der Waals surface area contributed by atoms with Crippen molar-refractivity contribution in [3.63, 3.8) is 0 Å². The van der Waals surface area contributed by atoms with Crippen molar-refractivity contribution in [2.24, 2.45) is 0 Å². The fourth-order valence-corrected chi connectivity index (χ4v) is 2.09. The Labute approximate surface area is 125 Å². The summed E-state index contributed by atoms with van der Waals surface area (Å²) in [6.45, 7) is 6.80. The van der Waals surface area contributed by atoms with Gasteiger partial charge in [0.25, 0.3) is 0 Å². The van der Waals surface area contributed by atoms with Gasteiger partial charge in [-0.3, -0.25) is 10.2 Å². The second-order valence-electron chi connectivity index (χ2n) is 4.64. The molecular weight excluding hydrogens is 272 g/mol. The quantitative estimate of drug-likeness (QED) is 0.869. The Balaban J connectivity index is 1.73. The van der Waals surface area contributed by atoms with Crippen LogP contribution in [0.1, 0.15) is 6.92 Å². The van der Waals surface area contributed by atoms with Gasteiger partial charge in [-0.25, -0.2) is 4.79 Å². The SMILES string of the molecule is CCOc1ccccc1NC(=O)OCCN1CCOCC1. The highest BCUT2D eigenvalue weighted by Gasteiger charge is 2.12. The largest absolute Gasteiger partial charge is 0.492 e. The monoisotopic (exact) mass is 294 g/mol. The van der Waals surface area contributed by atoms with Crippen molar-refractivity contribution in [1.29, 1.82) is 0 Å². The highest BCUT2D eigenvalue weighted by Crippen LogP contribution is 2.23. The first-order valence-electron chi connectivity index (χ1n) is 7.25. The Morgan fingerprint density at radius 1 is 1.33 bits per heavy atom. The number of morpholine rings is 1. The van der Waals surface area contributed by atoms with Crippen LogP contribution in [0.3, 0.4) is 0 Å². The average molecular weight is 294 g/mol. The van der Waals surface area contributed by atoms with Crippen LogP contribution in [0.25, 0.3) is 0 Å². The van der Waals surface area contributed by atoms with Crippen LogP contribution in [0, 0.1) is 0 Å². The lowest BCUT2D eigenvalue weighted by molar-refractivity contribution is 0.0290. The molecule has 1 aromatic rings. The number of amides is 1. The molecule has 2 rings (SSSR count). The van der Waals surface area contributed by atoms with Crippen molar-refractivity contribution >= 4 is 11.8 Å². The Kier molecular flexibility index (Phi) is 6.30. The van der Waals surface area contributed by atoms with E-state index >= 15 is 0 Å². The van der Waals surface area contributed by atoms with Gasteiger partial charge in [-0.1, -0.05) is 12.1 Å². The van der Waals surface area contributed by atoms with Gasteiger partial charge in [0, 0.05) is 19.6 Å². The molecule has 0 bridgehead atoms. The molecule has 1 heterocycles. The second kappa shape index (κ2) is 8.49. The number of nitrogens with zero attached hydrogens (tertiary/aromatic N) is 1. The fraction of sp³-hybridized carbons (Fsp3) is 0.533. The Morgan fingerprint density at radius 3 is 2.86 bits per heavy atom. The number of rotatable bonds is 6. The van der Waals surface area contributed by atoms with E-state index in [1.165, 1.54) is 0 Å². The maximum atomic E-state index is 11.8. The standard InChI is InChI=1S/C15H22N2O4/c1-2-20-14-6-4-3-5-13(14)16-15(18)21-12-9-17-7-10-19-11-8-17/h3-6H,2,7-12H2,1H3,(H,16,18). The zero-order valence-corrected chi connectivity index (χ0v) is 12.3. The first-order chi connectivity index (χ1) is 10.3. The number of nitrogens with one attached hydrogen (secondary N) is 1. The molecule has 1 N–H and O–H groups in total. The van der Waals surface area contributed by atoms with Crippen molar-refractivity contribution < 1.29 is 19.0 Å². The maximum absolute atomic E-state index is 11.8. The minimum atomic E-state index is -0.463. The zero-order chi connectivity index (χ0) is 14.9. The minimum Gasteiger partial charge on any atom is -0.492 e. The molecule has 0 aliphatic carbocycles. The molecule has 0 saturated carbocycles. The summed E-state index contributed by atoms with van der Waals surface area (Å²) in [6, 6.07) is 7.30. The topological polar surface area (TPSA) is 60.0 Å². The second-order valence-corrected chi connectivity index (χ2v) is 4.64. The van der Waals surface area contributed by atoms with Gasteiger partial charge < -0.3 is 14.2 Å². The summed E-state index contributed by atoms with van der Waals surface area (Å²) in [4.78, 5) is 14.0. The molecule has 1 saturated heterocycles. The summed E-state index contributed by atoms with van der Waals surface area (Å²) in [5.74, 6) is 0.644. The van der Waals surface area contributed by atoms with Crippen LogP contribution in [-0.2, 0) is 9.47 Å². The predicted molar refractivity (Wildman–Crippen MR) is 79.8 cm³/mol. The zero-order valence-electron chi connectivity index (χ0n) is 12.3. The third kappa shape index (κ3) is 5.24. The lowest BCUT2D eigenvalue weighted by atomic mass is 10.3. The molecule has 6 heteroatoms. The number of carbonyl (C=O) groups excluding carboxylic acids is 1. The highest BCUT2D eigenvalue weighted by molar-refractivity contribution is 5.86. The molecule has 0 aromatic heterocycles. The van der Waals surface area contributed by atoms with E-state index in [9.17, 15) is 4.79 Å². The molecule has 21 heavy (non-hydrogen) atoms. The summed E-state index contributed by atoms with van der Waals surface area (Å²) < 4.78 is 15.9. The minimum absolute atomic E-state index is 0.364. The highest BCUT2D eigenvalue weighted by atomic mass is 16.5. The molecule has 116 valence electrons. The number of anilines is 1. The number of ether oxygens (including phenoxy) is 3. The van der Waals surface area contributed by atoms with Gasteiger partial charge in [0.15, 0.2) is 0 Å². The number of hydrogen-bond donors (Lipinski definition) is 1. The number of carbonyl (C=O) groups is 1. The predicted octanol–water partition coefficient (Wildman–Crippen LogP) is 1.97. The van der Waals surface area contributed by atoms with E-state index in [4.69, 9.17) is 14.2 Å². The summed E-state index contributed by atoms with van der Waals surface area (Å²) in [6.07, 6.45) is -0.463. The van der Waals surface area contributed by atoms with Crippen molar-refractivity contribution in [3.8, 4) is 5.75 Å². The van der Waals surface area contributed by atoms with Crippen LogP contribution in [0.5, 0.6) is 5.75 Å². The van der Waals surface area contributed by atoms with Crippen molar-refractivity contribution in [2.75, 3.05) is 51.4 Å². The molecule has 0 radical (unpaired) electrons. The average Bonchev–Trinajstić information content (AvgIpc) is 2.50. The first-order valence-corrected chi connectivity index (χ1v) is 7.25. The van der Waals surface area contributed by atoms with Gasteiger partial charge >= 0.3 is 6.09 Å². The van der Waals surface area contributed by atoms with Crippen molar-refractivity contribution in [1.82, 2.24) is 4.90 Å². The van der Waals surface area contributed by atoms with Crippen LogP contribution in [0.15, 0.2) is 24.3 Å². The molecule has 6 nitrogen and oxygen atoms in total. The Hall–Kier alpha value is -1.79. The van der Waals surface area contributed by atoms with E-state index in [1.807, 2.05) is 25.1 Å². The molecule has 1 aromatic carbocycles. The van der Waals surface area contributed by atoms with E-state index in [0.29, 0.717) is 24.7 Å². The molecular formula is C15H22N2O4. The van der Waals surface area contributed by atoms with Crippen LogP contribution in [0.2, 0.25) is 0 Å². The summed E-state index contributed by atoms with van der Waals surface area (Å²) in [5.41, 5.74) is 0.621. The molecule has 1 amide bonds. The maximum Gasteiger partial charge on any atom is 0.411 e. The van der Waals surface area contributed by atoms with E-state index < -0.39 is 6.09 Å². The number of para-hydroxylation sites is 2. The number of benzene rings is 1. The third-order valence-electron chi connectivity index (χ3n) is 3.17. The van der Waals surface area contributed by atoms with E-state index in [-0.39, 0.29) is 0 Å². The molecule has 1 aliphatic heterocycles. The summed E-state index contributed by atoms with van der Waals surface area (Å²) in [5, 5.41) is 2.70. The van der Waals surface area contributed by atoms with Crippen LogP contribution < -0.4 is 10.1 Å². The van der Waals surface area contributed by atoms with Gasteiger partial charge in [-0.05, 0) is 19.1 Å². The van der Waals surface area contributed by atoms with Gasteiger partial charge in [-0.15, -0.1) is 0 Å². The van der Waals surface area contributed by atoms with Crippen molar-refractivity contribution in [2.45, 2.75) is 6.92 Å². The van der Waals surface area contributed by atoms with Crippen LogP contribution >= 0.6 is 0 Å². The normalized spacial score (nSPS) is 15.5. The molecule has 0 spiro atoms. The van der Waals surface area contributed by atoms with E-state index in [2.05, 4.69) is 10.2 Å². The fourth-order valence-electron chi connectivity index (χ4n) is 2.09. The molecule has 1 aliphatic rings.